The molecule has 0 aliphatic heterocycles. The summed E-state index contributed by atoms with van der Waals surface area (Å²) < 4.78 is 5.14. The Bertz CT molecular complexity index is 814. The van der Waals surface area contributed by atoms with Gasteiger partial charge in [0.05, 0.1) is 12.1 Å². The molecule has 1 N–H and O–H groups in total. The minimum absolute atomic E-state index is 0.145. The van der Waals surface area contributed by atoms with Gasteiger partial charge in [0.1, 0.15) is 5.82 Å². The minimum atomic E-state index is -0.253. The van der Waals surface area contributed by atoms with Crippen molar-refractivity contribution in [3.05, 3.63) is 54.3 Å². The van der Waals surface area contributed by atoms with E-state index in [1.807, 2.05) is 19.0 Å². The van der Waals surface area contributed by atoms with Crippen LogP contribution in [0.4, 0.5) is 5.82 Å². The molecule has 0 saturated heterocycles. The number of carbonyl (C=O) groups excluding carboxylic acids is 1. The molecule has 0 radical (unpaired) electrons. The SMILES string of the molecule is CN(C)c1ccc(C(=O)NCc2nc(-c3ccncc3)no2)cn1. The number of anilines is 1. The Balaban J connectivity index is 1.61. The average molecular weight is 324 g/mol. The van der Waals surface area contributed by atoms with E-state index in [0.29, 0.717) is 17.3 Å². The molecule has 0 unspecified atom stereocenters. The fraction of sp³-hybridized carbons (Fsp3) is 0.188. The number of pyridine rings is 2. The Labute approximate surface area is 138 Å². The molecule has 0 aliphatic rings. The summed E-state index contributed by atoms with van der Waals surface area (Å²) >= 11 is 0. The fourth-order valence-electron chi connectivity index (χ4n) is 1.99. The van der Waals surface area contributed by atoms with E-state index in [4.69, 9.17) is 4.52 Å². The van der Waals surface area contributed by atoms with E-state index >= 15 is 0 Å². The minimum Gasteiger partial charge on any atom is -0.363 e. The standard InChI is InChI=1S/C16H16N6O2/c1-22(2)13-4-3-12(9-18-13)16(23)19-10-14-20-15(21-24-14)11-5-7-17-8-6-11/h3-9H,10H2,1-2H3,(H,19,23). The van der Waals surface area contributed by atoms with Crippen molar-refractivity contribution in [1.29, 1.82) is 0 Å². The topological polar surface area (TPSA) is 97.0 Å². The summed E-state index contributed by atoms with van der Waals surface area (Å²) in [5.41, 5.74) is 1.27. The van der Waals surface area contributed by atoms with Crippen molar-refractivity contribution in [1.82, 2.24) is 25.4 Å². The number of rotatable bonds is 5. The molecule has 24 heavy (non-hydrogen) atoms. The second-order valence-electron chi connectivity index (χ2n) is 5.23. The first-order valence-electron chi connectivity index (χ1n) is 7.28. The van der Waals surface area contributed by atoms with Crippen LogP contribution in [0.15, 0.2) is 47.4 Å². The van der Waals surface area contributed by atoms with Gasteiger partial charge in [0.25, 0.3) is 5.91 Å². The van der Waals surface area contributed by atoms with Crippen LogP contribution in [0.5, 0.6) is 0 Å². The van der Waals surface area contributed by atoms with E-state index in [-0.39, 0.29) is 12.5 Å². The number of nitrogens with zero attached hydrogens (tertiary/aromatic N) is 5. The molecule has 122 valence electrons. The Morgan fingerprint density at radius 2 is 2.00 bits per heavy atom. The van der Waals surface area contributed by atoms with E-state index in [2.05, 4.69) is 25.4 Å². The number of amides is 1. The van der Waals surface area contributed by atoms with Crippen LogP contribution in [-0.4, -0.2) is 40.1 Å². The van der Waals surface area contributed by atoms with Crippen LogP contribution >= 0.6 is 0 Å². The third-order valence-electron chi connectivity index (χ3n) is 3.28. The smallest absolute Gasteiger partial charge is 0.253 e. The zero-order chi connectivity index (χ0) is 16.9. The number of aromatic nitrogens is 4. The molecule has 8 nitrogen and oxygen atoms in total. The van der Waals surface area contributed by atoms with Crippen molar-refractivity contribution >= 4 is 11.7 Å². The number of nitrogens with one attached hydrogen (secondary N) is 1. The maximum Gasteiger partial charge on any atom is 0.253 e. The Kier molecular flexibility index (Phi) is 4.46. The predicted octanol–water partition coefficient (Wildman–Crippen LogP) is 1.52. The van der Waals surface area contributed by atoms with Gasteiger partial charge in [-0.15, -0.1) is 0 Å². The van der Waals surface area contributed by atoms with Crippen molar-refractivity contribution in [2.24, 2.45) is 0 Å². The number of carbonyl (C=O) groups is 1. The van der Waals surface area contributed by atoms with Gasteiger partial charge in [0.15, 0.2) is 0 Å². The monoisotopic (exact) mass is 324 g/mol. The van der Waals surface area contributed by atoms with Gasteiger partial charge < -0.3 is 14.7 Å². The van der Waals surface area contributed by atoms with Crippen LogP contribution in [0, 0.1) is 0 Å². The van der Waals surface area contributed by atoms with Crippen molar-refractivity contribution in [3.8, 4) is 11.4 Å². The van der Waals surface area contributed by atoms with Crippen molar-refractivity contribution in [2.45, 2.75) is 6.54 Å². The van der Waals surface area contributed by atoms with Gasteiger partial charge in [-0.05, 0) is 24.3 Å². The lowest BCUT2D eigenvalue weighted by Gasteiger charge is -2.10. The van der Waals surface area contributed by atoms with Gasteiger partial charge in [-0.2, -0.15) is 4.98 Å². The summed E-state index contributed by atoms with van der Waals surface area (Å²) in [7, 11) is 3.77. The highest BCUT2D eigenvalue weighted by molar-refractivity contribution is 5.93. The van der Waals surface area contributed by atoms with Crippen LogP contribution in [0.3, 0.4) is 0 Å². The van der Waals surface area contributed by atoms with Gasteiger partial charge in [-0.1, -0.05) is 5.16 Å². The first-order chi connectivity index (χ1) is 11.6. The molecule has 3 heterocycles. The second kappa shape index (κ2) is 6.86. The maximum atomic E-state index is 12.1. The average Bonchev–Trinajstić information content (AvgIpc) is 3.09. The van der Waals surface area contributed by atoms with Crippen LogP contribution in [-0.2, 0) is 6.54 Å². The summed E-state index contributed by atoms with van der Waals surface area (Å²) in [6.45, 7) is 0.145. The van der Waals surface area contributed by atoms with Gasteiger partial charge in [-0.3, -0.25) is 9.78 Å². The molecule has 0 atom stereocenters. The lowest BCUT2D eigenvalue weighted by Crippen LogP contribution is -2.23. The maximum absolute atomic E-state index is 12.1. The Morgan fingerprint density at radius 1 is 1.21 bits per heavy atom. The molecular weight excluding hydrogens is 308 g/mol. The molecular formula is C16H16N6O2. The zero-order valence-electron chi connectivity index (χ0n) is 13.3. The fourth-order valence-corrected chi connectivity index (χ4v) is 1.99. The lowest BCUT2D eigenvalue weighted by molar-refractivity contribution is 0.0946. The third kappa shape index (κ3) is 3.54. The molecule has 0 aliphatic carbocycles. The molecule has 3 aromatic heterocycles. The van der Waals surface area contributed by atoms with Crippen LogP contribution < -0.4 is 10.2 Å². The van der Waals surface area contributed by atoms with E-state index in [9.17, 15) is 4.79 Å². The van der Waals surface area contributed by atoms with E-state index < -0.39 is 0 Å². The van der Waals surface area contributed by atoms with E-state index in [1.54, 1.807) is 36.7 Å². The van der Waals surface area contributed by atoms with Crippen molar-refractivity contribution < 1.29 is 9.32 Å². The van der Waals surface area contributed by atoms with Gasteiger partial charge in [0.2, 0.25) is 11.7 Å². The summed E-state index contributed by atoms with van der Waals surface area (Å²) in [5, 5.41) is 6.61. The van der Waals surface area contributed by atoms with E-state index in [1.165, 1.54) is 6.20 Å². The van der Waals surface area contributed by atoms with Crippen molar-refractivity contribution in [3.63, 3.8) is 0 Å². The molecule has 3 rings (SSSR count). The molecule has 0 saturated carbocycles. The zero-order valence-corrected chi connectivity index (χ0v) is 13.3. The molecule has 3 aromatic rings. The van der Waals surface area contributed by atoms with Crippen molar-refractivity contribution in [2.75, 3.05) is 19.0 Å². The second-order valence-corrected chi connectivity index (χ2v) is 5.23. The number of hydrogen-bond donors (Lipinski definition) is 1. The predicted molar refractivity (Wildman–Crippen MR) is 87.3 cm³/mol. The van der Waals surface area contributed by atoms with Crippen LogP contribution in [0.1, 0.15) is 16.2 Å². The quantitative estimate of drug-likeness (QED) is 0.760. The molecule has 8 heteroatoms. The lowest BCUT2D eigenvalue weighted by atomic mass is 10.2. The van der Waals surface area contributed by atoms with Crippen LogP contribution in [0.2, 0.25) is 0 Å². The van der Waals surface area contributed by atoms with Gasteiger partial charge >= 0.3 is 0 Å². The molecule has 0 spiro atoms. The first-order valence-corrected chi connectivity index (χ1v) is 7.28. The summed E-state index contributed by atoms with van der Waals surface area (Å²) in [6, 6.07) is 7.06. The Hall–Kier alpha value is -3.29. The molecule has 0 fully saturated rings. The highest BCUT2D eigenvalue weighted by Crippen LogP contribution is 2.14. The van der Waals surface area contributed by atoms with Crippen LogP contribution in [0.25, 0.3) is 11.4 Å². The third-order valence-corrected chi connectivity index (χ3v) is 3.28. The Morgan fingerprint density at radius 3 is 2.67 bits per heavy atom. The first kappa shape index (κ1) is 15.6. The summed E-state index contributed by atoms with van der Waals surface area (Å²) in [4.78, 5) is 26.4. The number of hydrogen-bond acceptors (Lipinski definition) is 7. The molecule has 1 amide bonds. The van der Waals surface area contributed by atoms with Gasteiger partial charge in [0, 0.05) is 38.2 Å². The molecule has 0 bridgehead atoms. The summed E-state index contributed by atoms with van der Waals surface area (Å²) in [6.07, 6.45) is 4.83. The highest BCUT2D eigenvalue weighted by Gasteiger charge is 2.11. The summed E-state index contributed by atoms with van der Waals surface area (Å²) in [5.74, 6) is 1.31. The van der Waals surface area contributed by atoms with Gasteiger partial charge in [-0.25, -0.2) is 4.98 Å². The molecule has 0 aromatic carbocycles. The van der Waals surface area contributed by atoms with E-state index in [0.717, 1.165) is 11.4 Å². The largest absolute Gasteiger partial charge is 0.363 e. The normalized spacial score (nSPS) is 10.4. The highest BCUT2D eigenvalue weighted by atomic mass is 16.5.